The third kappa shape index (κ3) is 5.49. The van der Waals surface area contributed by atoms with Gasteiger partial charge in [0.2, 0.25) is 0 Å². The third-order valence-electron chi connectivity index (χ3n) is 6.97. The second kappa shape index (κ2) is 10.3. The molecule has 7 nitrogen and oxygen atoms in total. The summed E-state index contributed by atoms with van der Waals surface area (Å²) in [4.78, 5) is 35.0. The lowest BCUT2D eigenvalue weighted by Gasteiger charge is -2.39. The molecule has 0 radical (unpaired) electrons. The van der Waals surface area contributed by atoms with Crippen molar-refractivity contribution in [2.45, 2.75) is 52.0 Å². The number of nitrogens with one attached hydrogen (secondary N) is 1. The number of carbonyl (C=O) groups excluding carboxylic acids is 2. The fourth-order valence-electron chi connectivity index (χ4n) is 5.02. The Bertz CT molecular complexity index is 1230. The zero-order valence-electron chi connectivity index (χ0n) is 20.4. The van der Waals surface area contributed by atoms with Crippen molar-refractivity contribution >= 4 is 38.7 Å². The van der Waals surface area contributed by atoms with Crippen molar-refractivity contribution in [3.8, 4) is 5.75 Å². The lowest BCUT2D eigenvalue weighted by Crippen LogP contribution is -2.48. The summed E-state index contributed by atoms with van der Waals surface area (Å²) in [7, 11) is 0. The van der Waals surface area contributed by atoms with E-state index in [1.807, 2.05) is 32.0 Å². The van der Waals surface area contributed by atoms with Crippen LogP contribution < -0.4 is 10.1 Å². The van der Waals surface area contributed by atoms with E-state index in [2.05, 4.69) is 21.3 Å². The molecule has 2 aliphatic rings. The number of fused-ring (bicyclic) bond motifs is 1. The molecule has 1 aromatic heterocycles. The SMILES string of the molecule is Cc1ccc(OC(=O)N2CCC(N3CCCCC3)CC2)c(C(=O)Nc2nc3ccc(C)cc3s2)c1. The second-order valence-electron chi connectivity index (χ2n) is 9.63. The van der Waals surface area contributed by atoms with Gasteiger partial charge in [-0.1, -0.05) is 35.5 Å². The van der Waals surface area contributed by atoms with E-state index in [9.17, 15) is 9.59 Å². The minimum Gasteiger partial charge on any atom is -0.409 e. The standard InChI is InChI=1S/C27H32N4O3S/c1-18-7-9-23(34-27(33)31-14-10-20(11-15-31)30-12-4-3-5-13-30)21(16-18)25(32)29-26-28-22-8-6-19(2)17-24(22)35-26/h6-9,16-17,20H,3-5,10-15H2,1-2H3,(H,28,29,32). The van der Waals surface area contributed by atoms with Gasteiger partial charge in [0, 0.05) is 19.1 Å². The van der Waals surface area contributed by atoms with Crippen molar-refractivity contribution in [2.75, 3.05) is 31.5 Å². The summed E-state index contributed by atoms with van der Waals surface area (Å²) in [6.07, 6.45) is 5.41. The van der Waals surface area contributed by atoms with Crippen molar-refractivity contribution in [2.24, 2.45) is 0 Å². The molecule has 2 amide bonds. The van der Waals surface area contributed by atoms with E-state index < -0.39 is 6.09 Å². The molecule has 184 valence electrons. The summed E-state index contributed by atoms with van der Waals surface area (Å²) in [6.45, 7) is 7.64. The second-order valence-corrected chi connectivity index (χ2v) is 10.7. The summed E-state index contributed by atoms with van der Waals surface area (Å²) in [6, 6.07) is 11.9. The molecule has 2 aromatic carbocycles. The van der Waals surface area contributed by atoms with E-state index in [0.717, 1.165) is 34.2 Å². The molecule has 0 unspecified atom stereocenters. The molecule has 2 fully saturated rings. The van der Waals surface area contributed by atoms with Crippen LogP contribution in [-0.2, 0) is 0 Å². The quantitative estimate of drug-likeness (QED) is 0.512. The molecule has 0 bridgehead atoms. The highest BCUT2D eigenvalue weighted by Crippen LogP contribution is 2.29. The summed E-state index contributed by atoms with van der Waals surface area (Å²) in [5, 5.41) is 3.41. The maximum absolute atomic E-state index is 13.2. The van der Waals surface area contributed by atoms with Gasteiger partial charge in [0.15, 0.2) is 5.13 Å². The zero-order valence-corrected chi connectivity index (χ0v) is 21.2. The highest BCUT2D eigenvalue weighted by molar-refractivity contribution is 7.22. The number of ether oxygens (including phenoxy) is 1. The molecule has 8 heteroatoms. The third-order valence-corrected chi connectivity index (χ3v) is 7.90. The maximum Gasteiger partial charge on any atom is 0.415 e. The molecule has 0 spiro atoms. The van der Waals surface area contributed by atoms with Gasteiger partial charge in [0.05, 0.1) is 15.8 Å². The van der Waals surface area contributed by atoms with Crippen LogP contribution in [0, 0.1) is 13.8 Å². The first-order valence-corrected chi connectivity index (χ1v) is 13.3. The maximum atomic E-state index is 13.2. The van der Waals surface area contributed by atoms with Crippen LogP contribution in [0.2, 0.25) is 0 Å². The number of aromatic nitrogens is 1. The van der Waals surface area contributed by atoms with E-state index in [1.54, 1.807) is 17.0 Å². The van der Waals surface area contributed by atoms with Gasteiger partial charge in [-0.05, 0) is 82.4 Å². The van der Waals surface area contributed by atoms with Gasteiger partial charge in [0.25, 0.3) is 5.91 Å². The van der Waals surface area contributed by atoms with Crippen molar-refractivity contribution < 1.29 is 14.3 Å². The van der Waals surface area contributed by atoms with Crippen LogP contribution in [0.4, 0.5) is 9.93 Å². The summed E-state index contributed by atoms with van der Waals surface area (Å²) >= 11 is 1.43. The van der Waals surface area contributed by atoms with Crippen molar-refractivity contribution in [3.63, 3.8) is 0 Å². The van der Waals surface area contributed by atoms with Gasteiger partial charge in [-0.15, -0.1) is 0 Å². The molecule has 3 aromatic rings. The molecule has 0 saturated carbocycles. The largest absolute Gasteiger partial charge is 0.415 e. The normalized spacial score (nSPS) is 17.5. The molecule has 5 rings (SSSR count). The van der Waals surface area contributed by atoms with E-state index in [0.29, 0.717) is 29.8 Å². The molecule has 3 heterocycles. The Morgan fingerprint density at radius 3 is 2.46 bits per heavy atom. The molecule has 35 heavy (non-hydrogen) atoms. The molecule has 2 aliphatic heterocycles. The molecular weight excluding hydrogens is 460 g/mol. The number of thiazole rings is 1. The van der Waals surface area contributed by atoms with Gasteiger partial charge < -0.3 is 14.5 Å². The molecule has 2 saturated heterocycles. The molecule has 0 aliphatic carbocycles. The Labute approximate surface area is 210 Å². The fourth-order valence-corrected chi connectivity index (χ4v) is 5.97. The topological polar surface area (TPSA) is 74.8 Å². The zero-order chi connectivity index (χ0) is 24.4. The van der Waals surface area contributed by atoms with Crippen molar-refractivity contribution in [3.05, 3.63) is 53.1 Å². The van der Waals surface area contributed by atoms with Crippen LogP contribution in [0.5, 0.6) is 5.75 Å². The fraction of sp³-hybridized carbons (Fsp3) is 0.444. The summed E-state index contributed by atoms with van der Waals surface area (Å²) in [5.74, 6) is -0.0655. The predicted molar refractivity (Wildman–Crippen MR) is 140 cm³/mol. The summed E-state index contributed by atoms with van der Waals surface area (Å²) < 4.78 is 6.77. The van der Waals surface area contributed by atoms with Gasteiger partial charge >= 0.3 is 6.09 Å². The monoisotopic (exact) mass is 492 g/mol. The first kappa shape index (κ1) is 23.8. The Morgan fingerprint density at radius 1 is 0.971 bits per heavy atom. The number of aryl methyl sites for hydroxylation is 2. The summed E-state index contributed by atoms with van der Waals surface area (Å²) in [5.41, 5.74) is 3.24. The van der Waals surface area contributed by atoms with Gasteiger partial charge in [-0.3, -0.25) is 10.1 Å². The van der Waals surface area contributed by atoms with E-state index in [1.165, 1.54) is 43.7 Å². The van der Waals surface area contributed by atoms with Crippen LogP contribution in [0.1, 0.15) is 53.6 Å². The number of carbonyl (C=O) groups is 2. The Morgan fingerprint density at radius 2 is 1.69 bits per heavy atom. The minimum atomic E-state index is -0.393. The van der Waals surface area contributed by atoms with Crippen LogP contribution in [-0.4, -0.2) is 59.0 Å². The highest BCUT2D eigenvalue weighted by atomic mass is 32.1. The predicted octanol–water partition coefficient (Wildman–Crippen LogP) is 5.61. The lowest BCUT2D eigenvalue weighted by molar-refractivity contribution is 0.0875. The number of piperidine rings is 2. The molecule has 1 N–H and O–H groups in total. The first-order valence-electron chi connectivity index (χ1n) is 12.5. The number of nitrogens with zero attached hydrogens (tertiary/aromatic N) is 3. The molecule has 0 atom stereocenters. The highest BCUT2D eigenvalue weighted by Gasteiger charge is 2.29. The number of benzene rings is 2. The number of hydrogen-bond acceptors (Lipinski definition) is 6. The minimum absolute atomic E-state index is 0.271. The van der Waals surface area contributed by atoms with Crippen molar-refractivity contribution in [1.29, 1.82) is 0 Å². The first-order chi connectivity index (χ1) is 17.0. The number of amides is 2. The van der Waals surface area contributed by atoms with Crippen LogP contribution in [0.25, 0.3) is 10.2 Å². The number of hydrogen-bond donors (Lipinski definition) is 1. The molecular formula is C27H32N4O3S. The van der Waals surface area contributed by atoms with E-state index in [-0.39, 0.29) is 11.7 Å². The van der Waals surface area contributed by atoms with Crippen LogP contribution in [0.15, 0.2) is 36.4 Å². The van der Waals surface area contributed by atoms with E-state index in [4.69, 9.17) is 4.74 Å². The Balaban J connectivity index is 1.25. The Kier molecular flexibility index (Phi) is 7.02. The smallest absolute Gasteiger partial charge is 0.409 e. The van der Waals surface area contributed by atoms with Gasteiger partial charge in [0.1, 0.15) is 5.75 Å². The Hall–Kier alpha value is -2.97. The average molecular weight is 493 g/mol. The lowest BCUT2D eigenvalue weighted by atomic mass is 10.0. The van der Waals surface area contributed by atoms with Crippen molar-refractivity contribution in [1.82, 2.24) is 14.8 Å². The van der Waals surface area contributed by atoms with Crippen LogP contribution >= 0.6 is 11.3 Å². The van der Waals surface area contributed by atoms with Gasteiger partial charge in [-0.2, -0.15) is 0 Å². The van der Waals surface area contributed by atoms with Gasteiger partial charge in [-0.25, -0.2) is 9.78 Å². The number of likely N-dealkylation sites (tertiary alicyclic amines) is 2. The van der Waals surface area contributed by atoms with E-state index >= 15 is 0 Å². The number of rotatable bonds is 4. The average Bonchev–Trinajstić information content (AvgIpc) is 3.27. The van der Waals surface area contributed by atoms with Crippen LogP contribution in [0.3, 0.4) is 0 Å². The number of anilines is 1.